The Bertz CT molecular complexity index is 700. The van der Waals surface area contributed by atoms with E-state index in [2.05, 4.69) is 10.3 Å². The molecule has 2 heterocycles. The molecular formula is C18H24N2O4. The lowest BCUT2D eigenvalue weighted by Crippen LogP contribution is -2.21. The van der Waals surface area contributed by atoms with Crippen molar-refractivity contribution in [1.29, 1.82) is 0 Å². The summed E-state index contributed by atoms with van der Waals surface area (Å²) in [7, 11) is 2.82. The lowest BCUT2D eigenvalue weighted by Gasteiger charge is -2.12. The molecule has 6 nitrogen and oxygen atoms in total. The normalized spacial score (nSPS) is 13.8. The zero-order valence-electron chi connectivity index (χ0n) is 14.4. The number of benzene rings is 1. The van der Waals surface area contributed by atoms with Gasteiger partial charge in [0.2, 0.25) is 5.88 Å². The van der Waals surface area contributed by atoms with Gasteiger partial charge in [0.1, 0.15) is 5.75 Å². The van der Waals surface area contributed by atoms with Gasteiger partial charge in [0, 0.05) is 5.39 Å². The molecule has 6 heteroatoms. The number of nitrogens with one attached hydrogen (secondary N) is 1. The Hall–Kier alpha value is -2.34. The number of carboxylic acid groups (broad SMARTS) is 1. The molecule has 1 aliphatic rings. The van der Waals surface area contributed by atoms with E-state index in [1.807, 2.05) is 19.1 Å². The smallest absolute Gasteiger partial charge is 0.345 e. The predicted octanol–water partition coefficient (Wildman–Crippen LogP) is 3.02. The van der Waals surface area contributed by atoms with Crippen LogP contribution < -0.4 is 14.8 Å². The number of carbonyl (C=O) groups is 1. The third-order valence-corrected chi connectivity index (χ3v) is 3.88. The van der Waals surface area contributed by atoms with Gasteiger partial charge in [-0.05, 0) is 50.6 Å². The van der Waals surface area contributed by atoms with Crippen LogP contribution in [0.25, 0.3) is 10.9 Å². The van der Waals surface area contributed by atoms with E-state index in [0.717, 1.165) is 5.56 Å². The summed E-state index contributed by atoms with van der Waals surface area (Å²) >= 11 is 0. The van der Waals surface area contributed by atoms with Crippen LogP contribution in [0.15, 0.2) is 18.2 Å². The third-order valence-electron chi connectivity index (χ3n) is 3.88. The lowest BCUT2D eigenvalue weighted by molar-refractivity contribution is 0.0689. The van der Waals surface area contributed by atoms with Gasteiger partial charge in [0.15, 0.2) is 5.56 Å². The van der Waals surface area contributed by atoms with Gasteiger partial charge in [0.05, 0.1) is 19.7 Å². The van der Waals surface area contributed by atoms with Crippen molar-refractivity contribution < 1.29 is 19.4 Å². The number of piperidine rings is 1. The number of ether oxygens (including phenoxy) is 2. The van der Waals surface area contributed by atoms with Gasteiger partial charge in [-0.25, -0.2) is 9.78 Å². The molecule has 130 valence electrons. The molecule has 2 aromatic rings. The molecule has 2 N–H and O–H groups in total. The van der Waals surface area contributed by atoms with Gasteiger partial charge in [-0.1, -0.05) is 12.5 Å². The first-order valence-electron chi connectivity index (χ1n) is 8.04. The summed E-state index contributed by atoms with van der Waals surface area (Å²) in [5, 5.41) is 13.2. The highest BCUT2D eigenvalue weighted by molar-refractivity contribution is 6.01. The van der Waals surface area contributed by atoms with Crippen LogP contribution >= 0.6 is 0 Å². The van der Waals surface area contributed by atoms with E-state index >= 15 is 0 Å². The third kappa shape index (κ3) is 4.14. The van der Waals surface area contributed by atoms with E-state index in [0.29, 0.717) is 10.9 Å². The summed E-state index contributed by atoms with van der Waals surface area (Å²) in [6.07, 6.45) is 4.22. The Morgan fingerprint density at radius 2 is 1.88 bits per heavy atom. The van der Waals surface area contributed by atoms with Gasteiger partial charge in [0.25, 0.3) is 0 Å². The molecule has 1 aromatic heterocycles. The van der Waals surface area contributed by atoms with Crippen LogP contribution in [0, 0.1) is 6.92 Å². The number of pyridine rings is 1. The average Bonchev–Trinajstić information content (AvgIpc) is 2.61. The van der Waals surface area contributed by atoms with Crippen molar-refractivity contribution in [3.05, 3.63) is 29.3 Å². The number of nitrogens with zero attached hydrogens (tertiary/aromatic N) is 1. The first-order valence-corrected chi connectivity index (χ1v) is 8.04. The first kappa shape index (κ1) is 18.0. The minimum atomic E-state index is -1.13. The fourth-order valence-corrected chi connectivity index (χ4v) is 2.67. The van der Waals surface area contributed by atoms with Crippen LogP contribution in [-0.4, -0.2) is 43.4 Å². The van der Waals surface area contributed by atoms with Crippen LogP contribution in [0.2, 0.25) is 0 Å². The number of hydrogen-bond acceptors (Lipinski definition) is 5. The lowest BCUT2D eigenvalue weighted by atomic mass is 10.1. The van der Waals surface area contributed by atoms with E-state index in [1.54, 1.807) is 6.07 Å². The van der Waals surface area contributed by atoms with Gasteiger partial charge in [-0.3, -0.25) is 0 Å². The number of aryl methyl sites for hydroxylation is 1. The SMILES string of the molecule is C1CCNCC1.COc1nc2cc(C)ccc2c(OC)c1C(=O)O. The number of aromatic nitrogens is 1. The molecular weight excluding hydrogens is 308 g/mol. The molecule has 0 bridgehead atoms. The average molecular weight is 332 g/mol. The molecule has 1 aliphatic heterocycles. The Labute approximate surface area is 141 Å². The Balaban J connectivity index is 0.000000292. The van der Waals surface area contributed by atoms with Crippen LogP contribution in [-0.2, 0) is 0 Å². The van der Waals surface area contributed by atoms with Crippen molar-refractivity contribution >= 4 is 16.9 Å². The largest absolute Gasteiger partial charge is 0.495 e. The maximum absolute atomic E-state index is 11.3. The Kier molecular flexibility index (Phi) is 6.37. The molecule has 1 saturated heterocycles. The summed E-state index contributed by atoms with van der Waals surface area (Å²) < 4.78 is 10.2. The molecule has 1 fully saturated rings. The second-order valence-electron chi connectivity index (χ2n) is 5.67. The predicted molar refractivity (Wildman–Crippen MR) is 93.3 cm³/mol. The second kappa shape index (κ2) is 8.49. The number of methoxy groups -OCH3 is 2. The standard InChI is InChI=1S/C13H13NO4.C5H11N/c1-7-4-5-8-9(6-7)14-12(18-3)10(13(15)16)11(8)17-2;1-2-4-6-5-3-1/h4-6H,1-3H3,(H,15,16);6H,1-5H2. The fourth-order valence-electron chi connectivity index (χ4n) is 2.67. The van der Waals surface area contributed by atoms with Gasteiger partial charge >= 0.3 is 5.97 Å². The van der Waals surface area contributed by atoms with Crippen LogP contribution in [0.5, 0.6) is 11.6 Å². The highest BCUT2D eigenvalue weighted by Crippen LogP contribution is 2.34. The quantitative estimate of drug-likeness (QED) is 0.899. The molecule has 0 saturated carbocycles. The van der Waals surface area contributed by atoms with Crippen molar-refractivity contribution in [2.75, 3.05) is 27.3 Å². The van der Waals surface area contributed by atoms with Gasteiger partial charge in [-0.2, -0.15) is 0 Å². The maximum Gasteiger partial charge on any atom is 0.345 e. The topological polar surface area (TPSA) is 80.7 Å². The second-order valence-corrected chi connectivity index (χ2v) is 5.67. The molecule has 0 atom stereocenters. The van der Waals surface area contributed by atoms with E-state index in [9.17, 15) is 9.90 Å². The summed E-state index contributed by atoms with van der Waals surface area (Å²) in [5.41, 5.74) is 1.62. The molecule has 0 amide bonds. The number of rotatable bonds is 3. The van der Waals surface area contributed by atoms with Crippen molar-refractivity contribution in [3.63, 3.8) is 0 Å². The molecule has 0 radical (unpaired) electrons. The maximum atomic E-state index is 11.3. The van der Waals surface area contributed by atoms with Crippen LogP contribution in [0.4, 0.5) is 0 Å². The summed E-state index contributed by atoms with van der Waals surface area (Å²) in [4.78, 5) is 15.5. The van der Waals surface area contributed by atoms with Gasteiger partial charge in [-0.15, -0.1) is 0 Å². The van der Waals surface area contributed by atoms with Crippen molar-refractivity contribution in [2.45, 2.75) is 26.2 Å². The fraction of sp³-hybridized carbons (Fsp3) is 0.444. The summed E-state index contributed by atoms with van der Waals surface area (Å²) in [6.45, 7) is 4.44. The number of aromatic carboxylic acids is 1. The molecule has 1 aromatic carbocycles. The van der Waals surface area contributed by atoms with Gasteiger partial charge < -0.3 is 19.9 Å². The summed E-state index contributed by atoms with van der Waals surface area (Å²) in [5.74, 6) is -0.805. The van der Waals surface area contributed by atoms with Crippen LogP contribution in [0.1, 0.15) is 35.2 Å². The monoisotopic (exact) mass is 332 g/mol. The summed E-state index contributed by atoms with van der Waals surface area (Å²) in [6, 6.07) is 5.53. The minimum absolute atomic E-state index is 0.0532. The zero-order chi connectivity index (χ0) is 17.5. The number of carboxylic acids is 1. The number of fused-ring (bicyclic) bond motifs is 1. The van der Waals surface area contributed by atoms with Crippen LogP contribution in [0.3, 0.4) is 0 Å². The van der Waals surface area contributed by atoms with E-state index < -0.39 is 5.97 Å². The molecule has 0 unspecified atom stereocenters. The highest BCUT2D eigenvalue weighted by Gasteiger charge is 2.22. The van der Waals surface area contributed by atoms with E-state index in [-0.39, 0.29) is 17.2 Å². The Morgan fingerprint density at radius 3 is 2.33 bits per heavy atom. The van der Waals surface area contributed by atoms with Crippen molar-refractivity contribution in [1.82, 2.24) is 10.3 Å². The van der Waals surface area contributed by atoms with E-state index in [4.69, 9.17) is 9.47 Å². The first-order chi connectivity index (χ1) is 11.6. The molecule has 24 heavy (non-hydrogen) atoms. The van der Waals surface area contributed by atoms with Crippen molar-refractivity contribution in [2.24, 2.45) is 0 Å². The molecule has 0 spiro atoms. The highest BCUT2D eigenvalue weighted by atomic mass is 16.5. The van der Waals surface area contributed by atoms with Crippen molar-refractivity contribution in [3.8, 4) is 11.6 Å². The Morgan fingerprint density at radius 1 is 1.17 bits per heavy atom. The van der Waals surface area contributed by atoms with E-state index in [1.165, 1.54) is 46.6 Å². The molecule has 3 rings (SSSR count). The minimum Gasteiger partial charge on any atom is -0.495 e. The molecule has 0 aliphatic carbocycles. The number of hydrogen-bond donors (Lipinski definition) is 2. The zero-order valence-corrected chi connectivity index (χ0v) is 14.4.